The van der Waals surface area contributed by atoms with Crippen molar-refractivity contribution < 1.29 is 22.7 Å². The van der Waals surface area contributed by atoms with Crippen LogP contribution in [0.4, 0.5) is 5.69 Å². The van der Waals surface area contributed by atoms with E-state index in [0.29, 0.717) is 29.3 Å². The van der Waals surface area contributed by atoms with Gasteiger partial charge in [0.1, 0.15) is 0 Å². The summed E-state index contributed by atoms with van der Waals surface area (Å²) in [5.41, 5.74) is 0.751. The van der Waals surface area contributed by atoms with Crippen molar-refractivity contribution in [1.29, 1.82) is 0 Å². The minimum atomic E-state index is -3.82. The molecule has 1 amide bonds. The zero-order valence-corrected chi connectivity index (χ0v) is 15.3. The highest BCUT2D eigenvalue weighted by atomic mass is 32.2. The van der Waals surface area contributed by atoms with Crippen LogP contribution in [-0.2, 0) is 10.0 Å². The number of carbonyl (C=O) groups is 1. The molecule has 0 saturated heterocycles. The van der Waals surface area contributed by atoms with Gasteiger partial charge in [-0.15, -0.1) is 6.58 Å². The number of hydrogen-bond donors (Lipinski definition) is 2. The molecule has 2 rings (SSSR count). The predicted molar refractivity (Wildman–Crippen MR) is 99.3 cm³/mol. The van der Waals surface area contributed by atoms with Crippen molar-refractivity contribution in [3.05, 3.63) is 60.7 Å². The first kappa shape index (κ1) is 19.3. The number of carbonyl (C=O) groups excluding carboxylic acids is 1. The van der Waals surface area contributed by atoms with Crippen molar-refractivity contribution in [2.24, 2.45) is 0 Å². The molecular weight excluding hydrogens is 356 g/mol. The maximum atomic E-state index is 12.5. The number of methoxy groups -OCH3 is 2. The van der Waals surface area contributed by atoms with Crippen LogP contribution in [-0.4, -0.2) is 35.1 Å². The predicted octanol–water partition coefficient (Wildman–Crippen LogP) is 2.42. The van der Waals surface area contributed by atoms with Gasteiger partial charge in [0.05, 0.1) is 19.1 Å². The number of anilines is 1. The van der Waals surface area contributed by atoms with E-state index < -0.39 is 10.0 Å². The van der Waals surface area contributed by atoms with Gasteiger partial charge in [-0.25, -0.2) is 8.42 Å². The molecule has 0 radical (unpaired) electrons. The third-order valence-electron chi connectivity index (χ3n) is 3.47. The molecule has 138 valence electrons. The number of rotatable bonds is 8. The molecule has 0 atom stereocenters. The first-order chi connectivity index (χ1) is 12.4. The van der Waals surface area contributed by atoms with Crippen LogP contribution in [0, 0.1) is 0 Å². The van der Waals surface area contributed by atoms with Gasteiger partial charge in [-0.3, -0.25) is 9.52 Å². The van der Waals surface area contributed by atoms with Crippen LogP contribution in [0.3, 0.4) is 0 Å². The largest absolute Gasteiger partial charge is 0.493 e. The second-order valence-electron chi connectivity index (χ2n) is 5.20. The summed E-state index contributed by atoms with van der Waals surface area (Å²) in [4.78, 5) is 11.9. The minimum Gasteiger partial charge on any atom is -0.493 e. The van der Waals surface area contributed by atoms with E-state index in [1.807, 2.05) is 0 Å². The average Bonchev–Trinajstić information content (AvgIpc) is 2.65. The highest BCUT2D eigenvalue weighted by Crippen LogP contribution is 2.30. The van der Waals surface area contributed by atoms with Gasteiger partial charge in [0.25, 0.3) is 15.9 Å². The van der Waals surface area contributed by atoms with Crippen LogP contribution >= 0.6 is 0 Å². The third kappa shape index (κ3) is 4.54. The van der Waals surface area contributed by atoms with Gasteiger partial charge in [-0.2, -0.15) is 0 Å². The molecule has 2 aromatic rings. The summed E-state index contributed by atoms with van der Waals surface area (Å²) in [5, 5.41) is 2.64. The van der Waals surface area contributed by atoms with Gasteiger partial charge < -0.3 is 14.8 Å². The number of ether oxygens (including phenoxy) is 2. The molecule has 0 unspecified atom stereocenters. The van der Waals surface area contributed by atoms with Crippen LogP contribution < -0.4 is 19.5 Å². The number of amides is 1. The smallest absolute Gasteiger partial charge is 0.262 e. The van der Waals surface area contributed by atoms with Crippen molar-refractivity contribution in [2.75, 3.05) is 25.5 Å². The van der Waals surface area contributed by atoms with E-state index >= 15 is 0 Å². The first-order valence-electron chi connectivity index (χ1n) is 7.65. The quantitative estimate of drug-likeness (QED) is 0.690. The van der Waals surface area contributed by atoms with Gasteiger partial charge in [0, 0.05) is 23.9 Å². The normalized spacial score (nSPS) is 10.7. The fraction of sp³-hybridized carbons (Fsp3) is 0.167. The number of sulfonamides is 1. The lowest BCUT2D eigenvalue weighted by Crippen LogP contribution is -2.23. The maximum absolute atomic E-state index is 12.5. The lowest BCUT2D eigenvalue weighted by Gasteiger charge is -2.12. The van der Waals surface area contributed by atoms with Gasteiger partial charge in [-0.1, -0.05) is 6.08 Å². The molecule has 7 nitrogen and oxygen atoms in total. The van der Waals surface area contributed by atoms with Crippen molar-refractivity contribution in [2.45, 2.75) is 4.90 Å². The SMILES string of the molecule is C=CCNC(=O)c1ccc(NS(=O)(=O)c2ccc(OC)c(OC)c2)cc1. The summed E-state index contributed by atoms with van der Waals surface area (Å²) >= 11 is 0. The summed E-state index contributed by atoms with van der Waals surface area (Å²) < 4.78 is 37.8. The molecule has 0 aliphatic carbocycles. The Balaban J connectivity index is 2.19. The highest BCUT2D eigenvalue weighted by Gasteiger charge is 2.17. The van der Waals surface area contributed by atoms with Crippen molar-refractivity contribution >= 4 is 21.6 Å². The van der Waals surface area contributed by atoms with Crippen molar-refractivity contribution in [1.82, 2.24) is 5.32 Å². The molecule has 0 bridgehead atoms. The van der Waals surface area contributed by atoms with Gasteiger partial charge in [0.2, 0.25) is 0 Å². The average molecular weight is 376 g/mol. The molecule has 8 heteroatoms. The number of hydrogen-bond acceptors (Lipinski definition) is 5. The maximum Gasteiger partial charge on any atom is 0.262 e. The van der Waals surface area contributed by atoms with E-state index in [0.717, 1.165) is 0 Å². The van der Waals surface area contributed by atoms with Gasteiger partial charge in [-0.05, 0) is 36.4 Å². The monoisotopic (exact) mass is 376 g/mol. The Morgan fingerprint density at radius 2 is 1.73 bits per heavy atom. The molecule has 0 aromatic heterocycles. The number of benzene rings is 2. The molecule has 0 spiro atoms. The molecule has 0 saturated carbocycles. The zero-order chi connectivity index (χ0) is 19.2. The fourth-order valence-corrected chi connectivity index (χ4v) is 3.23. The Morgan fingerprint density at radius 3 is 2.31 bits per heavy atom. The van der Waals surface area contributed by atoms with Crippen LogP contribution in [0.2, 0.25) is 0 Å². The molecular formula is C18H20N2O5S. The standard InChI is InChI=1S/C18H20N2O5S/c1-4-11-19-18(21)13-5-7-14(8-6-13)20-26(22,23)15-9-10-16(24-2)17(12-15)25-3/h4-10,12,20H,1,11H2,2-3H3,(H,19,21). The van der Waals surface area contributed by atoms with E-state index in [1.165, 1.54) is 56.7 Å². The van der Waals surface area contributed by atoms with E-state index in [1.54, 1.807) is 6.08 Å². The van der Waals surface area contributed by atoms with Crippen molar-refractivity contribution in [3.63, 3.8) is 0 Å². The molecule has 2 N–H and O–H groups in total. The Labute approximate surface area is 152 Å². The van der Waals surface area contributed by atoms with Crippen LogP contribution in [0.5, 0.6) is 11.5 Å². The first-order valence-corrected chi connectivity index (χ1v) is 9.13. The minimum absolute atomic E-state index is 0.0305. The van der Waals surface area contributed by atoms with Gasteiger partial charge >= 0.3 is 0 Å². The Kier molecular flexibility index (Phi) is 6.24. The highest BCUT2D eigenvalue weighted by molar-refractivity contribution is 7.92. The second-order valence-corrected chi connectivity index (χ2v) is 6.88. The zero-order valence-electron chi connectivity index (χ0n) is 14.5. The van der Waals surface area contributed by atoms with Crippen LogP contribution in [0.15, 0.2) is 60.0 Å². The molecule has 0 aliphatic heterocycles. The van der Waals surface area contributed by atoms with E-state index in [-0.39, 0.29) is 10.8 Å². The van der Waals surface area contributed by atoms with E-state index in [9.17, 15) is 13.2 Å². The summed E-state index contributed by atoms with van der Waals surface area (Å²) in [5.74, 6) is 0.477. The van der Waals surface area contributed by atoms with Crippen LogP contribution in [0.1, 0.15) is 10.4 Å². The fourth-order valence-electron chi connectivity index (χ4n) is 2.15. The molecule has 2 aromatic carbocycles. The Morgan fingerprint density at radius 1 is 1.08 bits per heavy atom. The topological polar surface area (TPSA) is 93.7 Å². The van der Waals surface area contributed by atoms with E-state index in [2.05, 4.69) is 16.6 Å². The molecule has 0 fully saturated rings. The summed E-state index contributed by atoms with van der Waals surface area (Å²) in [6.45, 7) is 3.88. The van der Waals surface area contributed by atoms with Crippen molar-refractivity contribution in [3.8, 4) is 11.5 Å². The summed E-state index contributed by atoms with van der Waals surface area (Å²) in [6, 6.07) is 10.4. The lowest BCUT2D eigenvalue weighted by atomic mass is 10.2. The van der Waals surface area contributed by atoms with Crippen LogP contribution in [0.25, 0.3) is 0 Å². The third-order valence-corrected chi connectivity index (χ3v) is 4.85. The number of nitrogens with one attached hydrogen (secondary N) is 2. The molecule has 0 heterocycles. The summed E-state index contributed by atoms with van der Waals surface area (Å²) in [7, 11) is -0.920. The molecule has 0 aliphatic rings. The van der Waals surface area contributed by atoms with Gasteiger partial charge in [0.15, 0.2) is 11.5 Å². The Bertz CT molecular complexity index is 892. The second kappa shape index (κ2) is 8.39. The van der Waals surface area contributed by atoms with E-state index in [4.69, 9.17) is 9.47 Å². The lowest BCUT2D eigenvalue weighted by molar-refractivity contribution is 0.0958. The molecule has 26 heavy (non-hydrogen) atoms. The Hall–Kier alpha value is -3.00. The summed E-state index contributed by atoms with van der Waals surface area (Å²) in [6.07, 6.45) is 1.57.